The van der Waals surface area contributed by atoms with Crippen molar-refractivity contribution in [1.82, 2.24) is 9.97 Å². The van der Waals surface area contributed by atoms with Gasteiger partial charge in [0.1, 0.15) is 5.65 Å². The molecule has 0 fully saturated rings. The summed E-state index contributed by atoms with van der Waals surface area (Å²) in [5.41, 5.74) is 0.254. The van der Waals surface area contributed by atoms with Crippen LogP contribution in [0.25, 0.3) is 11.0 Å². The van der Waals surface area contributed by atoms with Crippen molar-refractivity contribution in [2.24, 2.45) is 0 Å². The molecule has 0 radical (unpaired) electrons. The van der Waals surface area contributed by atoms with E-state index in [1.54, 1.807) is 18.2 Å². The van der Waals surface area contributed by atoms with Crippen LogP contribution in [0, 0.1) is 24.4 Å². The van der Waals surface area contributed by atoms with Gasteiger partial charge in [0.05, 0.1) is 10.7 Å². The first-order valence-corrected chi connectivity index (χ1v) is 9.62. The third-order valence-corrected chi connectivity index (χ3v) is 4.96. The smallest absolute Gasteiger partial charge is 0.323 e. The Balaban J connectivity index is 1.55. The lowest BCUT2D eigenvalue weighted by Crippen LogP contribution is -2.21. The van der Waals surface area contributed by atoms with Gasteiger partial charge in [-0.05, 0) is 25.1 Å². The van der Waals surface area contributed by atoms with E-state index in [4.69, 9.17) is 11.6 Å². The molecule has 6 nitrogen and oxygen atoms in total. The van der Waals surface area contributed by atoms with E-state index >= 15 is 0 Å². The minimum atomic E-state index is -1.33. The minimum Gasteiger partial charge on any atom is -0.345 e. The second-order valence-corrected chi connectivity index (χ2v) is 7.34. The van der Waals surface area contributed by atoms with Crippen LogP contribution in [0.1, 0.15) is 21.5 Å². The van der Waals surface area contributed by atoms with E-state index in [0.717, 1.165) is 6.92 Å². The molecule has 4 rings (SSSR count). The van der Waals surface area contributed by atoms with E-state index in [2.05, 4.69) is 20.6 Å². The summed E-state index contributed by atoms with van der Waals surface area (Å²) in [7, 11) is 0. The van der Waals surface area contributed by atoms with Gasteiger partial charge in [0.15, 0.2) is 23.2 Å². The van der Waals surface area contributed by atoms with Crippen LogP contribution < -0.4 is 10.6 Å². The van der Waals surface area contributed by atoms with Crippen molar-refractivity contribution in [1.29, 1.82) is 0 Å². The van der Waals surface area contributed by atoms with Crippen molar-refractivity contribution >= 4 is 45.8 Å². The zero-order valence-corrected chi connectivity index (χ0v) is 17.2. The average molecular weight is 459 g/mol. The fraction of sp³-hybridized carbons (Fsp3) is 0.0455. The summed E-state index contributed by atoms with van der Waals surface area (Å²) in [5, 5.41) is 5.48. The maximum atomic E-state index is 14.1. The highest BCUT2D eigenvalue weighted by atomic mass is 35.5. The number of anilines is 2. The largest absolute Gasteiger partial charge is 0.345 e. The monoisotopic (exact) mass is 458 g/mol. The van der Waals surface area contributed by atoms with E-state index in [9.17, 15) is 22.8 Å². The Hall–Kier alpha value is -3.85. The molecule has 0 unspecified atom stereocenters. The number of pyridine rings is 1. The molecule has 0 spiro atoms. The van der Waals surface area contributed by atoms with Crippen LogP contribution in [0.15, 0.2) is 48.8 Å². The minimum absolute atomic E-state index is 0.226. The van der Waals surface area contributed by atoms with Crippen LogP contribution in [0.3, 0.4) is 0 Å². The molecule has 0 saturated carbocycles. The zero-order chi connectivity index (χ0) is 23.0. The number of amides is 2. The van der Waals surface area contributed by atoms with E-state index in [-0.39, 0.29) is 17.0 Å². The number of nitrogens with zero attached hydrogens (tertiary/aromatic N) is 1. The van der Waals surface area contributed by atoms with E-state index in [0.29, 0.717) is 27.7 Å². The van der Waals surface area contributed by atoms with Crippen LogP contribution in [-0.2, 0) is 0 Å². The average Bonchev–Trinajstić information content (AvgIpc) is 3.18. The highest BCUT2D eigenvalue weighted by molar-refractivity contribution is 6.31. The lowest BCUT2D eigenvalue weighted by atomic mass is 10.0. The molecule has 162 valence electrons. The number of hydrogen-bond acceptors (Lipinski definition) is 3. The van der Waals surface area contributed by atoms with Gasteiger partial charge in [0.25, 0.3) is 0 Å². The number of nitrogens with one attached hydrogen (secondary N) is 3. The normalized spacial score (nSPS) is 10.9. The van der Waals surface area contributed by atoms with Crippen molar-refractivity contribution in [3.05, 3.63) is 88.0 Å². The molecule has 2 amide bonds. The highest BCUT2D eigenvalue weighted by Crippen LogP contribution is 2.25. The lowest BCUT2D eigenvalue weighted by molar-refractivity contribution is 0.104. The Kier molecular flexibility index (Phi) is 5.58. The molecule has 2 aromatic carbocycles. The van der Waals surface area contributed by atoms with Crippen molar-refractivity contribution < 1.29 is 22.8 Å². The molecule has 32 heavy (non-hydrogen) atoms. The summed E-state index contributed by atoms with van der Waals surface area (Å²) in [6.45, 7) is 1.05. The number of fused-ring (bicyclic) bond motifs is 1. The van der Waals surface area contributed by atoms with Gasteiger partial charge in [0, 0.05) is 46.2 Å². The topological polar surface area (TPSA) is 86.9 Å². The molecule has 0 atom stereocenters. The maximum Gasteiger partial charge on any atom is 0.323 e. The number of rotatable bonds is 4. The highest BCUT2D eigenvalue weighted by Gasteiger charge is 2.18. The number of aromatic amines is 1. The van der Waals surface area contributed by atoms with Gasteiger partial charge in [-0.15, -0.1) is 0 Å². The quantitative estimate of drug-likeness (QED) is 0.266. The standard InChI is InChI=1S/C22H14ClF3N4O2/c1-10-18(25)16(24)7-17(19(10)26)30-22(32)29-13-4-2-3-11(5-13)20(31)15-9-28-21-14(15)6-12(23)8-27-21/h2-9H,1H3,(H,27,28)(H2,29,30,32). The molecule has 10 heteroatoms. The van der Waals surface area contributed by atoms with Crippen molar-refractivity contribution in [2.45, 2.75) is 6.92 Å². The lowest BCUT2D eigenvalue weighted by Gasteiger charge is -2.11. The number of carbonyl (C=O) groups is 2. The van der Waals surface area contributed by atoms with E-state index in [1.165, 1.54) is 24.5 Å². The number of H-pyrrole nitrogens is 1. The Bertz CT molecular complexity index is 1390. The van der Waals surface area contributed by atoms with Gasteiger partial charge in [-0.3, -0.25) is 4.79 Å². The van der Waals surface area contributed by atoms with Gasteiger partial charge < -0.3 is 15.6 Å². The molecule has 0 aliphatic carbocycles. The summed E-state index contributed by atoms with van der Waals surface area (Å²) >= 11 is 5.97. The molecule has 0 aliphatic heterocycles. The molecular formula is C22H14ClF3N4O2. The molecule has 2 heterocycles. The van der Waals surface area contributed by atoms with E-state index < -0.39 is 34.7 Å². The molecule has 3 N–H and O–H groups in total. The Morgan fingerprint density at radius 1 is 1.06 bits per heavy atom. The predicted molar refractivity (Wildman–Crippen MR) is 115 cm³/mol. The van der Waals surface area contributed by atoms with Gasteiger partial charge in [0.2, 0.25) is 0 Å². The second kappa shape index (κ2) is 8.35. The number of benzene rings is 2. The van der Waals surface area contributed by atoms with Crippen LogP contribution in [-0.4, -0.2) is 21.8 Å². The Morgan fingerprint density at radius 3 is 2.62 bits per heavy atom. The fourth-order valence-electron chi connectivity index (χ4n) is 3.17. The first-order valence-electron chi connectivity index (χ1n) is 9.24. The third kappa shape index (κ3) is 4.02. The van der Waals surface area contributed by atoms with Gasteiger partial charge in [-0.2, -0.15) is 0 Å². The number of carbonyl (C=O) groups excluding carboxylic acids is 2. The second-order valence-electron chi connectivity index (χ2n) is 6.90. The van der Waals surface area contributed by atoms with Crippen molar-refractivity contribution in [2.75, 3.05) is 10.6 Å². The fourth-order valence-corrected chi connectivity index (χ4v) is 3.32. The molecule has 0 bridgehead atoms. The molecular weight excluding hydrogens is 445 g/mol. The maximum absolute atomic E-state index is 14.1. The summed E-state index contributed by atoms with van der Waals surface area (Å²) in [5.74, 6) is -4.05. The number of urea groups is 1. The van der Waals surface area contributed by atoms with Crippen LogP contribution >= 0.6 is 11.6 Å². The van der Waals surface area contributed by atoms with Crippen LogP contribution in [0.4, 0.5) is 29.3 Å². The van der Waals surface area contributed by atoms with Gasteiger partial charge in [-0.25, -0.2) is 22.9 Å². The van der Waals surface area contributed by atoms with Crippen LogP contribution in [0.2, 0.25) is 5.02 Å². The predicted octanol–water partition coefficient (Wildman–Crippen LogP) is 5.82. The van der Waals surface area contributed by atoms with Crippen molar-refractivity contribution in [3.63, 3.8) is 0 Å². The van der Waals surface area contributed by atoms with E-state index in [1.807, 2.05) is 0 Å². The summed E-state index contributed by atoms with van der Waals surface area (Å²) in [4.78, 5) is 32.2. The number of aromatic nitrogens is 2. The first-order chi connectivity index (χ1) is 15.2. The summed E-state index contributed by atoms with van der Waals surface area (Å²) in [6, 6.07) is 7.30. The van der Waals surface area contributed by atoms with Gasteiger partial charge >= 0.3 is 6.03 Å². The molecule has 4 aromatic rings. The third-order valence-electron chi connectivity index (χ3n) is 4.75. The summed E-state index contributed by atoms with van der Waals surface area (Å²) < 4.78 is 41.1. The SMILES string of the molecule is Cc1c(F)c(F)cc(NC(=O)Nc2cccc(C(=O)c3c[nH]c4ncc(Cl)cc34)c2)c1F. The number of halogens is 4. The molecule has 2 aromatic heterocycles. The summed E-state index contributed by atoms with van der Waals surface area (Å²) in [6.07, 6.45) is 2.96. The van der Waals surface area contributed by atoms with Crippen molar-refractivity contribution in [3.8, 4) is 0 Å². The molecule has 0 aliphatic rings. The first kappa shape index (κ1) is 21.4. The number of ketones is 1. The zero-order valence-electron chi connectivity index (χ0n) is 16.4. The number of hydrogen-bond donors (Lipinski definition) is 3. The van der Waals surface area contributed by atoms with Crippen LogP contribution in [0.5, 0.6) is 0 Å². The Labute approximate surface area is 184 Å². The molecule has 0 saturated heterocycles. The Morgan fingerprint density at radius 2 is 1.84 bits per heavy atom. The van der Waals surface area contributed by atoms with Gasteiger partial charge in [-0.1, -0.05) is 23.7 Å².